The third-order valence-electron chi connectivity index (χ3n) is 6.69. The van der Waals surface area contributed by atoms with Gasteiger partial charge in [-0.05, 0) is 43.9 Å². The maximum absolute atomic E-state index is 13.0. The molecule has 1 aliphatic heterocycles. The molecule has 0 spiro atoms. The molecule has 0 atom stereocenters. The number of nitrogens with one attached hydrogen (secondary N) is 1. The van der Waals surface area contributed by atoms with Crippen LogP contribution in [0.3, 0.4) is 0 Å². The molecule has 6 nitrogen and oxygen atoms in total. The fourth-order valence-electron chi connectivity index (χ4n) is 4.84. The Morgan fingerprint density at radius 2 is 1.55 bits per heavy atom. The fraction of sp³-hybridized carbons (Fsp3) is 0.652. The van der Waals surface area contributed by atoms with Crippen molar-refractivity contribution >= 4 is 29.1 Å². The molecule has 1 saturated heterocycles. The predicted molar refractivity (Wildman–Crippen MR) is 120 cm³/mol. The summed E-state index contributed by atoms with van der Waals surface area (Å²) >= 11 is 5.63. The minimum absolute atomic E-state index is 0.0630. The summed E-state index contributed by atoms with van der Waals surface area (Å²) in [4.78, 5) is 31.6. The van der Waals surface area contributed by atoms with Gasteiger partial charge in [0.2, 0.25) is 11.8 Å². The van der Waals surface area contributed by atoms with Crippen molar-refractivity contribution in [2.75, 3.05) is 44.6 Å². The van der Waals surface area contributed by atoms with Crippen LogP contribution < -0.4 is 5.32 Å². The highest BCUT2D eigenvalue weighted by Gasteiger charge is 2.39. The minimum Gasteiger partial charge on any atom is -0.336 e. The normalized spacial score (nSPS) is 20.7. The zero-order chi connectivity index (χ0) is 23.6. The number of benzene rings is 1. The highest BCUT2D eigenvalue weighted by atomic mass is 35.5. The van der Waals surface area contributed by atoms with Crippen LogP contribution >= 0.6 is 11.6 Å². The SMILES string of the molecule is O=C(CN1CCN(CC(=O)N(C2CCCC2)C2CC2)CC1)Nc1ccc(Cl)c(C(F)(F)F)c1. The van der Waals surface area contributed by atoms with E-state index in [4.69, 9.17) is 11.6 Å². The molecule has 2 saturated carbocycles. The lowest BCUT2D eigenvalue weighted by Crippen LogP contribution is -2.52. The molecule has 0 unspecified atom stereocenters. The van der Waals surface area contributed by atoms with Crippen molar-refractivity contribution in [1.82, 2.24) is 14.7 Å². The highest BCUT2D eigenvalue weighted by Crippen LogP contribution is 2.36. The maximum Gasteiger partial charge on any atom is 0.417 e. The molecule has 0 radical (unpaired) electrons. The number of alkyl halides is 3. The number of hydrogen-bond acceptors (Lipinski definition) is 4. The Hall–Kier alpha value is -1.84. The molecule has 1 heterocycles. The van der Waals surface area contributed by atoms with Crippen LogP contribution in [0.4, 0.5) is 18.9 Å². The smallest absolute Gasteiger partial charge is 0.336 e. The first-order valence-electron chi connectivity index (χ1n) is 11.6. The van der Waals surface area contributed by atoms with Crippen LogP contribution in [0.15, 0.2) is 18.2 Å². The molecule has 33 heavy (non-hydrogen) atoms. The molecule has 2 amide bonds. The maximum atomic E-state index is 13.0. The van der Waals surface area contributed by atoms with Crippen molar-refractivity contribution in [2.24, 2.45) is 0 Å². The van der Waals surface area contributed by atoms with Crippen LogP contribution in [0.25, 0.3) is 0 Å². The van der Waals surface area contributed by atoms with Gasteiger partial charge in [-0.15, -0.1) is 0 Å². The average Bonchev–Trinajstić information content (AvgIpc) is 3.43. The van der Waals surface area contributed by atoms with E-state index in [2.05, 4.69) is 15.1 Å². The third kappa shape index (κ3) is 6.39. The summed E-state index contributed by atoms with van der Waals surface area (Å²) in [7, 11) is 0. The Balaban J connectivity index is 1.23. The van der Waals surface area contributed by atoms with Crippen molar-refractivity contribution in [3.05, 3.63) is 28.8 Å². The van der Waals surface area contributed by atoms with Gasteiger partial charge in [0.15, 0.2) is 0 Å². The number of nitrogens with zero attached hydrogens (tertiary/aromatic N) is 3. The summed E-state index contributed by atoms with van der Waals surface area (Å²) in [5.74, 6) is -0.157. The summed E-state index contributed by atoms with van der Waals surface area (Å²) in [5, 5.41) is 2.12. The van der Waals surface area contributed by atoms with Crippen molar-refractivity contribution in [2.45, 2.75) is 56.8 Å². The van der Waals surface area contributed by atoms with Crippen LogP contribution in [-0.2, 0) is 15.8 Å². The van der Waals surface area contributed by atoms with Crippen LogP contribution in [0.2, 0.25) is 5.02 Å². The van der Waals surface area contributed by atoms with E-state index in [1.54, 1.807) is 0 Å². The molecule has 1 aromatic rings. The van der Waals surface area contributed by atoms with Gasteiger partial charge in [0, 0.05) is 44.0 Å². The van der Waals surface area contributed by atoms with Gasteiger partial charge in [-0.3, -0.25) is 19.4 Å². The Kier molecular flexibility index (Phi) is 7.50. The number of piperazine rings is 1. The number of rotatable bonds is 7. The standard InChI is InChI=1S/C23H30ClF3N4O2/c24-20-8-5-16(13-19(20)23(25,26)27)28-21(32)14-29-9-11-30(12-10-29)15-22(33)31(18-6-7-18)17-3-1-2-4-17/h5,8,13,17-18H,1-4,6-7,9-12,14-15H2,(H,28,32). The van der Waals surface area contributed by atoms with E-state index < -0.39 is 16.8 Å². The number of carbonyl (C=O) groups is 2. The predicted octanol–water partition coefficient (Wildman–Crippen LogP) is 3.85. The van der Waals surface area contributed by atoms with Gasteiger partial charge in [0.05, 0.1) is 23.7 Å². The Labute approximate surface area is 197 Å². The van der Waals surface area contributed by atoms with E-state index in [1.165, 1.54) is 18.9 Å². The van der Waals surface area contributed by atoms with Gasteiger partial charge in [0.25, 0.3) is 0 Å². The summed E-state index contributed by atoms with van der Waals surface area (Å²) in [6.45, 7) is 3.12. The quantitative estimate of drug-likeness (QED) is 0.636. The van der Waals surface area contributed by atoms with E-state index >= 15 is 0 Å². The van der Waals surface area contributed by atoms with Gasteiger partial charge < -0.3 is 10.2 Å². The monoisotopic (exact) mass is 486 g/mol. The first kappa shape index (κ1) is 24.3. The van der Waals surface area contributed by atoms with Crippen LogP contribution in [0.1, 0.15) is 44.1 Å². The highest BCUT2D eigenvalue weighted by molar-refractivity contribution is 6.31. The molecule has 1 aromatic carbocycles. The van der Waals surface area contributed by atoms with E-state index in [-0.39, 0.29) is 24.0 Å². The van der Waals surface area contributed by atoms with Gasteiger partial charge in [-0.2, -0.15) is 13.2 Å². The molecular formula is C23H30ClF3N4O2. The summed E-state index contributed by atoms with van der Waals surface area (Å²) in [6.07, 6.45) is 2.28. The van der Waals surface area contributed by atoms with Crippen LogP contribution in [-0.4, -0.2) is 77.9 Å². The molecular weight excluding hydrogens is 457 g/mol. The summed E-state index contributed by atoms with van der Waals surface area (Å²) in [5.41, 5.74) is -0.911. The molecule has 182 valence electrons. The van der Waals surface area contributed by atoms with Gasteiger partial charge >= 0.3 is 6.18 Å². The first-order valence-corrected chi connectivity index (χ1v) is 12.0. The lowest BCUT2D eigenvalue weighted by atomic mass is 10.2. The summed E-state index contributed by atoms with van der Waals surface area (Å²) < 4.78 is 39.0. The second-order valence-corrected chi connectivity index (χ2v) is 9.67. The number of halogens is 4. The van der Waals surface area contributed by atoms with Gasteiger partial charge in [0.1, 0.15) is 0 Å². The van der Waals surface area contributed by atoms with Crippen LogP contribution in [0, 0.1) is 0 Å². The van der Waals surface area contributed by atoms with Crippen molar-refractivity contribution in [3.8, 4) is 0 Å². The molecule has 0 bridgehead atoms. The number of hydrogen-bond donors (Lipinski definition) is 1. The van der Waals surface area contributed by atoms with Gasteiger partial charge in [-0.1, -0.05) is 24.4 Å². The zero-order valence-corrected chi connectivity index (χ0v) is 19.3. The van der Waals surface area contributed by atoms with E-state index in [0.717, 1.165) is 37.8 Å². The molecule has 3 fully saturated rings. The number of anilines is 1. The molecule has 2 aliphatic carbocycles. The molecule has 3 aliphatic rings. The van der Waals surface area contributed by atoms with E-state index in [9.17, 15) is 22.8 Å². The lowest BCUT2D eigenvalue weighted by Gasteiger charge is -2.36. The second kappa shape index (κ2) is 10.2. The molecule has 10 heteroatoms. The lowest BCUT2D eigenvalue weighted by molar-refractivity contribution is -0.137. The molecule has 0 aromatic heterocycles. The Morgan fingerprint density at radius 3 is 2.12 bits per heavy atom. The van der Waals surface area contributed by atoms with Crippen molar-refractivity contribution in [3.63, 3.8) is 0 Å². The largest absolute Gasteiger partial charge is 0.417 e. The Bertz CT molecular complexity index is 864. The first-order chi connectivity index (χ1) is 15.7. The van der Waals surface area contributed by atoms with E-state index in [1.807, 2.05) is 4.90 Å². The zero-order valence-electron chi connectivity index (χ0n) is 18.5. The van der Waals surface area contributed by atoms with Crippen LogP contribution in [0.5, 0.6) is 0 Å². The number of amides is 2. The minimum atomic E-state index is -4.58. The summed E-state index contributed by atoms with van der Waals surface area (Å²) in [6, 6.07) is 4.16. The Morgan fingerprint density at radius 1 is 0.970 bits per heavy atom. The molecule has 1 N–H and O–H groups in total. The van der Waals surface area contributed by atoms with E-state index in [0.29, 0.717) is 44.8 Å². The third-order valence-corrected chi connectivity index (χ3v) is 7.02. The van der Waals surface area contributed by atoms with Gasteiger partial charge in [-0.25, -0.2) is 0 Å². The second-order valence-electron chi connectivity index (χ2n) is 9.26. The fourth-order valence-corrected chi connectivity index (χ4v) is 5.07. The van der Waals surface area contributed by atoms with Crippen molar-refractivity contribution < 1.29 is 22.8 Å². The van der Waals surface area contributed by atoms with Crippen molar-refractivity contribution in [1.29, 1.82) is 0 Å². The average molecular weight is 487 g/mol. The molecule has 4 rings (SSSR count). The number of carbonyl (C=O) groups excluding carboxylic acids is 2. The topological polar surface area (TPSA) is 55.9 Å².